The Morgan fingerprint density at radius 3 is 2.48 bits per heavy atom. The van der Waals surface area contributed by atoms with Gasteiger partial charge < -0.3 is 10.1 Å². The third-order valence-corrected chi connectivity index (χ3v) is 6.17. The third kappa shape index (κ3) is 4.90. The Morgan fingerprint density at radius 2 is 1.93 bits per heavy atom. The third-order valence-electron chi connectivity index (χ3n) is 3.71. The number of methoxy groups -OCH3 is 1. The van der Waals surface area contributed by atoms with E-state index in [0.717, 1.165) is 4.31 Å². The molecule has 0 atom stereocenters. The minimum absolute atomic E-state index is 0.0247. The topological polar surface area (TPSA) is 88.6 Å². The molecule has 1 aromatic heterocycles. The van der Waals surface area contributed by atoms with Crippen LogP contribution >= 0.6 is 23.2 Å². The molecule has 2 rings (SSSR count). The molecule has 1 heterocycles. The first-order chi connectivity index (χ1) is 12.6. The van der Waals surface area contributed by atoms with Crippen molar-refractivity contribution < 1.29 is 17.9 Å². The summed E-state index contributed by atoms with van der Waals surface area (Å²) in [6, 6.07) is 5.82. The van der Waals surface area contributed by atoms with Crippen LogP contribution in [0.1, 0.15) is 11.3 Å². The normalized spacial score (nSPS) is 11.5. The molecule has 0 saturated heterocycles. The van der Waals surface area contributed by atoms with E-state index in [2.05, 4.69) is 10.3 Å². The number of anilines is 1. The second kappa shape index (κ2) is 8.43. The number of nitrogens with zero attached hydrogens (tertiary/aromatic N) is 2. The zero-order valence-corrected chi connectivity index (χ0v) is 17.5. The van der Waals surface area contributed by atoms with Crippen molar-refractivity contribution in [3.63, 3.8) is 0 Å². The van der Waals surface area contributed by atoms with Crippen molar-refractivity contribution in [1.29, 1.82) is 0 Å². The molecule has 2 aromatic rings. The Bertz CT molecular complexity index is 955. The lowest BCUT2D eigenvalue weighted by atomic mass is 10.2. The zero-order valence-electron chi connectivity index (χ0n) is 15.2. The fourth-order valence-electron chi connectivity index (χ4n) is 2.29. The number of amides is 1. The molecule has 0 aliphatic rings. The van der Waals surface area contributed by atoms with Gasteiger partial charge in [-0.2, -0.15) is 0 Å². The van der Waals surface area contributed by atoms with Crippen LogP contribution < -0.4 is 10.1 Å². The van der Waals surface area contributed by atoms with Gasteiger partial charge in [-0.1, -0.05) is 23.2 Å². The highest BCUT2D eigenvalue weighted by Crippen LogP contribution is 2.29. The van der Waals surface area contributed by atoms with E-state index in [0.29, 0.717) is 22.0 Å². The number of carbonyl (C=O) groups excluding carboxylic acids is 1. The van der Waals surface area contributed by atoms with E-state index < -0.39 is 15.9 Å². The minimum Gasteiger partial charge on any atom is -0.495 e. The maximum Gasteiger partial charge on any atom is 0.242 e. The molecule has 0 aliphatic carbocycles. The van der Waals surface area contributed by atoms with E-state index in [4.69, 9.17) is 27.9 Å². The van der Waals surface area contributed by atoms with Gasteiger partial charge in [-0.05, 0) is 31.2 Å². The number of nitrogens with one attached hydrogen (secondary N) is 1. The SMILES string of the molecule is COc1ccc(S(=O)(=O)N(C)C)cc1NC(=O)Cc1c(Cl)cc(C)nc1Cl. The monoisotopic (exact) mass is 431 g/mol. The number of carbonyl (C=O) groups is 1. The summed E-state index contributed by atoms with van der Waals surface area (Å²) in [5, 5.41) is 3.11. The summed E-state index contributed by atoms with van der Waals surface area (Å²) in [5.74, 6) is -0.123. The highest BCUT2D eigenvalue weighted by atomic mass is 35.5. The Kier molecular flexibility index (Phi) is 6.69. The van der Waals surface area contributed by atoms with Crippen molar-refractivity contribution in [2.75, 3.05) is 26.5 Å². The molecule has 1 amide bonds. The van der Waals surface area contributed by atoms with Gasteiger partial charge >= 0.3 is 0 Å². The van der Waals surface area contributed by atoms with Crippen LogP contribution in [0.5, 0.6) is 5.75 Å². The molecular weight excluding hydrogens is 413 g/mol. The summed E-state index contributed by atoms with van der Waals surface area (Å²) < 4.78 is 30.9. The quantitative estimate of drug-likeness (QED) is 0.709. The van der Waals surface area contributed by atoms with Crippen molar-refractivity contribution in [2.24, 2.45) is 0 Å². The summed E-state index contributed by atoms with van der Waals surface area (Å²) in [4.78, 5) is 16.6. The summed E-state index contributed by atoms with van der Waals surface area (Å²) in [6.07, 6.45) is -0.126. The number of hydrogen-bond donors (Lipinski definition) is 1. The smallest absolute Gasteiger partial charge is 0.242 e. The van der Waals surface area contributed by atoms with Crippen molar-refractivity contribution >= 4 is 44.8 Å². The van der Waals surface area contributed by atoms with Gasteiger partial charge in [-0.15, -0.1) is 0 Å². The molecule has 0 bridgehead atoms. The molecular formula is C17H19Cl2N3O4S. The van der Waals surface area contributed by atoms with E-state index in [1.54, 1.807) is 13.0 Å². The number of sulfonamides is 1. The number of aromatic nitrogens is 1. The van der Waals surface area contributed by atoms with Crippen molar-refractivity contribution in [1.82, 2.24) is 9.29 Å². The van der Waals surface area contributed by atoms with E-state index in [-0.39, 0.29) is 22.2 Å². The standard InChI is InChI=1S/C17H19Cl2N3O4S/c1-10-7-13(18)12(17(19)20-10)9-16(23)21-14-8-11(5-6-15(14)26-4)27(24,25)22(2)3/h5-8H,9H2,1-4H3,(H,21,23). The van der Waals surface area contributed by atoms with Crippen LogP contribution in [-0.4, -0.2) is 44.8 Å². The molecule has 10 heteroatoms. The summed E-state index contributed by atoms with van der Waals surface area (Å²) in [5.41, 5.74) is 1.24. The lowest BCUT2D eigenvalue weighted by molar-refractivity contribution is -0.115. The highest BCUT2D eigenvalue weighted by molar-refractivity contribution is 7.89. The predicted molar refractivity (Wildman–Crippen MR) is 105 cm³/mol. The van der Waals surface area contributed by atoms with E-state index in [9.17, 15) is 13.2 Å². The number of ether oxygens (including phenoxy) is 1. The number of halogens is 2. The van der Waals surface area contributed by atoms with E-state index in [1.165, 1.54) is 39.4 Å². The number of benzene rings is 1. The largest absolute Gasteiger partial charge is 0.495 e. The zero-order chi connectivity index (χ0) is 20.4. The van der Waals surface area contributed by atoms with Gasteiger partial charge in [0.1, 0.15) is 10.9 Å². The first-order valence-electron chi connectivity index (χ1n) is 7.78. The average Bonchev–Trinajstić information content (AvgIpc) is 2.57. The van der Waals surface area contributed by atoms with Crippen molar-refractivity contribution in [3.8, 4) is 5.75 Å². The Labute approximate surface area is 168 Å². The predicted octanol–water partition coefficient (Wildman–Crippen LogP) is 3.14. The van der Waals surface area contributed by atoms with E-state index in [1.807, 2.05) is 0 Å². The lowest BCUT2D eigenvalue weighted by Crippen LogP contribution is -2.22. The van der Waals surface area contributed by atoms with Gasteiger partial charge in [0.25, 0.3) is 0 Å². The second-order valence-electron chi connectivity index (χ2n) is 5.89. The van der Waals surface area contributed by atoms with Gasteiger partial charge in [0.05, 0.1) is 24.1 Å². The van der Waals surface area contributed by atoms with Crippen LogP contribution in [0.15, 0.2) is 29.2 Å². The van der Waals surface area contributed by atoms with Gasteiger partial charge in [0.15, 0.2) is 0 Å². The molecule has 0 radical (unpaired) electrons. The van der Waals surface area contributed by atoms with Crippen LogP contribution in [0.3, 0.4) is 0 Å². The van der Waals surface area contributed by atoms with E-state index >= 15 is 0 Å². The molecule has 1 N–H and O–H groups in total. The number of rotatable bonds is 6. The van der Waals surface area contributed by atoms with Crippen LogP contribution in [0.2, 0.25) is 10.2 Å². The molecule has 27 heavy (non-hydrogen) atoms. The van der Waals surface area contributed by atoms with Crippen molar-refractivity contribution in [3.05, 3.63) is 45.7 Å². The van der Waals surface area contributed by atoms with Gasteiger partial charge in [0.2, 0.25) is 15.9 Å². The first-order valence-corrected chi connectivity index (χ1v) is 9.97. The highest BCUT2D eigenvalue weighted by Gasteiger charge is 2.20. The lowest BCUT2D eigenvalue weighted by Gasteiger charge is -2.15. The van der Waals surface area contributed by atoms with Crippen LogP contribution in [0.4, 0.5) is 5.69 Å². The Morgan fingerprint density at radius 1 is 1.26 bits per heavy atom. The molecule has 0 spiro atoms. The molecule has 0 aliphatic heterocycles. The summed E-state index contributed by atoms with van der Waals surface area (Å²) in [7, 11) is 0.602. The Hall–Kier alpha value is -1.87. The van der Waals surface area contributed by atoms with Gasteiger partial charge in [-0.3, -0.25) is 4.79 Å². The van der Waals surface area contributed by atoms with Crippen LogP contribution in [0.25, 0.3) is 0 Å². The fraction of sp³-hybridized carbons (Fsp3) is 0.294. The maximum absolute atomic E-state index is 12.5. The fourth-order valence-corrected chi connectivity index (χ4v) is 3.88. The number of hydrogen-bond acceptors (Lipinski definition) is 5. The van der Waals surface area contributed by atoms with Gasteiger partial charge in [-0.25, -0.2) is 17.7 Å². The molecule has 7 nitrogen and oxygen atoms in total. The maximum atomic E-state index is 12.5. The Balaban J connectivity index is 2.32. The molecule has 0 saturated carbocycles. The van der Waals surface area contributed by atoms with Crippen LogP contribution in [0, 0.1) is 6.92 Å². The summed E-state index contributed by atoms with van der Waals surface area (Å²) >= 11 is 12.2. The van der Waals surface area contributed by atoms with Crippen LogP contribution in [-0.2, 0) is 21.2 Å². The van der Waals surface area contributed by atoms with Gasteiger partial charge in [0, 0.05) is 30.4 Å². The first kappa shape index (κ1) is 21.4. The van der Waals surface area contributed by atoms with Crippen molar-refractivity contribution in [2.45, 2.75) is 18.2 Å². The molecule has 0 unspecified atom stereocenters. The number of aryl methyl sites for hydroxylation is 1. The molecule has 0 fully saturated rings. The molecule has 146 valence electrons. The molecule has 1 aromatic carbocycles. The summed E-state index contributed by atoms with van der Waals surface area (Å²) in [6.45, 7) is 1.74. The number of pyridine rings is 1. The minimum atomic E-state index is -3.66. The average molecular weight is 432 g/mol. The second-order valence-corrected chi connectivity index (χ2v) is 8.81.